The van der Waals surface area contributed by atoms with Crippen molar-refractivity contribution in [3.63, 3.8) is 0 Å². The van der Waals surface area contributed by atoms with Gasteiger partial charge in [-0.2, -0.15) is 5.26 Å². The molecule has 40 heavy (non-hydrogen) atoms. The van der Waals surface area contributed by atoms with Crippen molar-refractivity contribution >= 4 is 28.8 Å². The van der Waals surface area contributed by atoms with Crippen LogP contribution in [0.15, 0.2) is 65.6 Å². The maximum atomic E-state index is 13.6. The van der Waals surface area contributed by atoms with Gasteiger partial charge in [0, 0.05) is 48.8 Å². The summed E-state index contributed by atoms with van der Waals surface area (Å²) < 4.78 is 1.60. The lowest BCUT2D eigenvalue weighted by Gasteiger charge is -2.42. The number of aryl methyl sites for hydroxylation is 1. The van der Waals surface area contributed by atoms with Crippen LogP contribution in [0.5, 0.6) is 0 Å². The van der Waals surface area contributed by atoms with E-state index in [0.717, 1.165) is 29.9 Å². The van der Waals surface area contributed by atoms with E-state index in [4.69, 9.17) is 10.2 Å². The number of carbonyl (C=O) groups is 1. The Labute approximate surface area is 232 Å². The highest BCUT2D eigenvalue weighted by molar-refractivity contribution is 5.94. The molecule has 2 aromatic heterocycles. The van der Waals surface area contributed by atoms with E-state index in [1.165, 1.54) is 0 Å². The van der Waals surface area contributed by atoms with E-state index >= 15 is 0 Å². The number of aromatic carboxylic acids is 1. The number of carboxylic acids is 1. The predicted molar refractivity (Wildman–Crippen MR) is 157 cm³/mol. The Morgan fingerprint density at radius 2 is 1.88 bits per heavy atom. The highest BCUT2D eigenvalue weighted by atomic mass is 16.4. The molecule has 1 saturated heterocycles. The van der Waals surface area contributed by atoms with Crippen molar-refractivity contribution in [2.45, 2.75) is 39.8 Å². The molecule has 2 aromatic carbocycles. The number of benzene rings is 2. The van der Waals surface area contributed by atoms with Crippen molar-refractivity contribution in [2.24, 2.45) is 0 Å². The summed E-state index contributed by atoms with van der Waals surface area (Å²) in [5, 5.41) is 22.1. The molecule has 0 bridgehead atoms. The number of pyridine rings is 1. The minimum Gasteiger partial charge on any atom is -0.478 e. The number of para-hydroxylation sites is 1. The maximum absolute atomic E-state index is 13.6. The first-order chi connectivity index (χ1) is 19.2. The molecular formula is C31H32N6O3. The van der Waals surface area contributed by atoms with Crippen LogP contribution in [-0.4, -0.2) is 46.1 Å². The number of rotatable bonds is 6. The third-order valence-electron chi connectivity index (χ3n) is 7.55. The Hall–Kier alpha value is -4.84. The molecule has 1 aliphatic heterocycles. The zero-order valence-electron chi connectivity index (χ0n) is 23.0. The highest BCUT2D eigenvalue weighted by Crippen LogP contribution is 2.29. The minimum absolute atomic E-state index is 0.0873. The molecule has 3 heterocycles. The second-order valence-electron chi connectivity index (χ2n) is 10.4. The fourth-order valence-corrected chi connectivity index (χ4v) is 5.44. The van der Waals surface area contributed by atoms with Gasteiger partial charge in [0.05, 0.1) is 28.8 Å². The summed E-state index contributed by atoms with van der Waals surface area (Å²) in [7, 11) is 0. The number of anilines is 3. The molecule has 0 saturated carbocycles. The molecule has 9 heteroatoms. The molecule has 204 valence electrons. The van der Waals surface area contributed by atoms with Gasteiger partial charge in [0.2, 0.25) is 0 Å². The predicted octanol–water partition coefficient (Wildman–Crippen LogP) is 4.77. The number of aromatic nitrogens is 2. The van der Waals surface area contributed by atoms with E-state index in [-0.39, 0.29) is 23.2 Å². The van der Waals surface area contributed by atoms with Gasteiger partial charge < -0.3 is 20.2 Å². The topological polar surface area (TPSA) is 114 Å². The number of nitrogens with one attached hydrogen (secondary N) is 1. The van der Waals surface area contributed by atoms with E-state index in [0.29, 0.717) is 34.8 Å². The van der Waals surface area contributed by atoms with E-state index in [2.05, 4.69) is 28.1 Å². The smallest absolute Gasteiger partial charge is 0.337 e. The Morgan fingerprint density at radius 1 is 1.15 bits per heavy atom. The first-order valence-electron chi connectivity index (χ1n) is 13.3. The fourth-order valence-electron chi connectivity index (χ4n) is 5.44. The summed E-state index contributed by atoms with van der Waals surface area (Å²) in [6, 6.07) is 18.3. The minimum atomic E-state index is -1.01. The third-order valence-corrected chi connectivity index (χ3v) is 7.55. The summed E-state index contributed by atoms with van der Waals surface area (Å²) in [6.07, 6.45) is 1.80. The molecule has 0 spiro atoms. The van der Waals surface area contributed by atoms with Crippen molar-refractivity contribution in [2.75, 3.05) is 34.8 Å². The van der Waals surface area contributed by atoms with Gasteiger partial charge in [-0.05, 0) is 75.7 Å². The number of piperazine rings is 1. The van der Waals surface area contributed by atoms with Gasteiger partial charge in [0.15, 0.2) is 0 Å². The van der Waals surface area contributed by atoms with Crippen LogP contribution in [0.2, 0.25) is 0 Å². The quantitative estimate of drug-likeness (QED) is 0.362. The molecule has 4 aromatic rings. The molecule has 9 nitrogen and oxygen atoms in total. The lowest BCUT2D eigenvalue weighted by atomic mass is 10.1. The molecule has 2 atom stereocenters. The third kappa shape index (κ3) is 4.96. The molecule has 2 N–H and O–H groups in total. The zero-order chi connectivity index (χ0) is 28.6. The number of carboxylic acid groups (broad SMARTS) is 1. The second-order valence-corrected chi connectivity index (χ2v) is 10.4. The second kappa shape index (κ2) is 10.7. The average Bonchev–Trinajstić information content (AvgIpc) is 2.95. The van der Waals surface area contributed by atoms with E-state index < -0.39 is 5.97 Å². The molecule has 0 amide bonds. The van der Waals surface area contributed by atoms with E-state index in [1.54, 1.807) is 34.9 Å². The average molecular weight is 537 g/mol. The number of nitriles is 1. The maximum Gasteiger partial charge on any atom is 0.337 e. The molecule has 5 rings (SSSR count). The first-order valence-corrected chi connectivity index (χ1v) is 13.3. The van der Waals surface area contributed by atoms with Crippen LogP contribution in [0.4, 0.5) is 17.2 Å². The van der Waals surface area contributed by atoms with Crippen molar-refractivity contribution < 1.29 is 9.90 Å². The number of hydrogen-bond donors (Lipinski definition) is 2. The van der Waals surface area contributed by atoms with Crippen molar-refractivity contribution in [1.82, 2.24) is 9.38 Å². The van der Waals surface area contributed by atoms with Crippen molar-refractivity contribution in [3.05, 3.63) is 99.0 Å². The molecule has 1 aliphatic rings. The number of nitrogens with zero attached hydrogens (tertiary/aromatic N) is 5. The van der Waals surface area contributed by atoms with Crippen LogP contribution >= 0.6 is 0 Å². The fraction of sp³-hybridized carbons (Fsp3) is 0.290. The molecule has 1 unspecified atom stereocenters. The SMILES string of the molecule is Cc1cc([C@@H](C)Nc2ccccc2C(=O)O)c2nc(N3CCN(c4ccc(C#N)cc4)CC3C)c(C)c(=O)n2c1. The molecule has 0 radical (unpaired) electrons. The number of hydrogen-bond acceptors (Lipinski definition) is 7. The van der Waals surface area contributed by atoms with E-state index in [1.807, 2.05) is 51.1 Å². The van der Waals surface area contributed by atoms with Gasteiger partial charge in [-0.1, -0.05) is 12.1 Å². The van der Waals surface area contributed by atoms with Gasteiger partial charge in [-0.3, -0.25) is 9.20 Å². The summed E-state index contributed by atoms with van der Waals surface area (Å²) in [6.45, 7) is 10.0. The lowest BCUT2D eigenvalue weighted by Crippen LogP contribution is -2.53. The summed E-state index contributed by atoms with van der Waals surface area (Å²) in [4.78, 5) is 34.9. The van der Waals surface area contributed by atoms with Gasteiger partial charge in [0.1, 0.15) is 11.5 Å². The van der Waals surface area contributed by atoms with Crippen LogP contribution in [0.3, 0.4) is 0 Å². The number of fused-ring (bicyclic) bond motifs is 1. The summed E-state index contributed by atoms with van der Waals surface area (Å²) in [5.74, 6) is -0.342. The van der Waals surface area contributed by atoms with E-state index in [9.17, 15) is 14.7 Å². The van der Waals surface area contributed by atoms with Gasteiger partial charge in [0.25, 0.3) is 5.56 Å². The van der Waals surface area contributed by atoms with Crippen LogP contribution in [0, 0.1) is 25.2 Å². The van der Waals surface area contributed by atoms with Crippen LogP contribution in [0.25, 0.3) is 5.65 Å². The van der Waals surface area contributed by atoms with Crippen LogP contribution < -0.4 is 20.7 Å². The lowest BCUT2D eigenvalue weighted by molar-refractivity contribution is 0.0698. The Morgan fingerprint density at radius 3 is 2.55 bits per heavy atom. The molecular weight excluding hydrogens is 504 g/mol. The Balaban J connectivity index is 1.50. The van der Waals surface area contributed by atoms with Crippen LogP contribution in [0.1, 0.15) is 52.5 Å². The van der Waals surface area contributed by atoms with Gasteiger partial charge >= 0.3 is 5.97 Å². The van der Waals surface area contributed by atoms with Crippen molar-refractivity contribution in [1.29, 1.82) is 5.26 Å². The monoisotopic (exact) mass is 536 g/mol. The molecule has 0 aliphatic carbocycles. The largest absolute Gasteiger partial charge is 0.478 e. The van der Waals surface area contributed by atoms with Gasteiger partial charge in [-0.15, -0.1) is 0 Å². The van der Waals surface area contributed by atoms with Gasteiger partial charge in [-0.25, -0.2) is 9.78 Å². The Kier molecular flexibility index (Phi) is 7.18. The highest BCUT2D eigenvalue weighted by Gasteiger charge is 2.28. The standard InChI is InChI=1S/C31H32N6O3/c1-19-15-26(22(4)33-27-8-6-5-7-25(27)31(39)40)29-34-28(21(3)30(38)37(29)17-19)36-14-13-35(18-20(36)2)24-11-9-23(16-32)10-12-24/h5-12,15,17,20,22,33H,13-14,18H2,1-4H3,(H,39,40)/t20?,22-/m1/s1. The Bertz CT molecular complexity index is 1690. The van der Waals surface area contributed by atoms with Crippen LogP contribution in [-0.2, 0) is 0 Å². The summed E-state index contributed by atoms with van der Waals surface area (Å²) >= 11 is 0. The van der Waals surface area contributed by atoms with Crippen molar-refractivity contribution in [3.8, 4) is 6.07 Å². The zero-order valence-corrected chi connectivity index (χ0v) is 23.0. The molecule has 1 fully saturated rings. The summed E-state index contributed by atoms with van der Waals surface area (Å²) in [5.41, 5.74) is 5.11. The first kappa shape index (κ1) is 26.8. The normalized spacial score (nSPS) is 16.0.